The Morgan fingerprint density at radius 2 is 1.38 bits per heavy atom. The minimum absolute atomic E-state index is 0.898. The van der Waals surface area contributed by atoms with Gasteiger partial charge in [-0.25, -0.2) is 0 Å². The van der Waals surface area contributed by atoms with Crippen LogP contribution in [0.1, 0.15) is 92.7 Å². The Labute approximate surface area is 212 Å². The van der Waals surface area contributed by atoms with Crippen LogP contribution in [0.15, 0.2) is 77.7 Å². The second-order valence-corrected chi connectivity index (χ2v) is 7.84. The maximum Gasteiger partial charge on any atom is 0.0625 e. The summed E-state index contributed by atoms with van der Waals surface area (Å²) in [5, 5.41) is 0. The minimum atomic E-state index is 0.898. The van der Waals surface area contributed by atoms with Gasteiger partial charge in [0.1, 0.15) is 0 Å². The van der Waals surface area contributed by atoms with Gasteiger partial charge in [0.15, 0.2) is 0 Å². The summed E-state index contributed by atoms with van der Waals surface area (Å²) in [6.45, 7) is 29.4. The van der Waals surface area contributed by atoms with Crippen molar-refractivity contribution in [2.24, 2.45) is 15.9 Å². The predicted molar refractivity (Wildman–Crippen MR) is 162 cm³/mol. The van der Waals surface area contributed by atoms with Crippen molar-refractivity contribution in [3.8, 4) is 0 Å². The first-order chi connectivity index (χ1) is 16.3. The molecule has 0 fully saturated rings. The van der Waals surface area contributed by atoms with E-state index in [2.05, 4.69) is 69.7 Å². The van der Waals surface area contributed by atoms with Gasteiger partial charge in [-0.2, -0.15) is 0 Å². The van der Waals surface area contributed by atoms with Crippen LogP contribution in [0.25, 0.3) is 5.57 Å². The molecule has 2 nitrogen and oxygen atoms in total. The average Bonchev–Trinajstić information content (AvgIpc) is 2.86. The molecule has 0 radical (unpaired) electrons. The molecular weight excluding hydrogens is 412 g/mol. The molecular formula is C32H52N2. The van der Waals surface area contributed by atoms with Crippen LogP contribution in [0, 0.1) is 5.92 Å². The molecule has 0 N–H and O–H groups in total. The van der Waals surface area contributed by atoms with E-state index in [0.29, 0.717) is 0 Å². The summed E-state index contributed by atoms with van der Waals surface area (Å²) in [7, 11) is 0. The van der Waals surface area contributed by atoms with Gasteiger partial charge in [-0.1, -0.05) is 103 Å². The first-order valence-electron chi connectivity index (χ1n) is 12.7. The van der Waals surface area contributed by atoms with Gasteiger partial charge in [-0.15, -0.1) is 6.58 Å². The molecule has 0 aliphatic heterocycles. The molecule has 0 saturated carbocycles. The molecule has 2 rings (SSSR count). The first-order valence-corrected chi connectivity index (χ1v) is 12.7. The van der Waals surface area contributed by atoms with E-state index in [1.165, 1.54) is 24.8 Å². The number of hydrogen-bond donors (Lipinski definition) is 0. The second kappa shape index (κ2) is 26.5. The van der Waals surface area contributed by atoms with E-state index in [-0.39, 0.29) is 0 Å². The zero-order valence-electron chi connectivity index (χ0n) is 23.7. The molecule has 2 heteroatoms. The number of allylic oxidation sites excluding steroid dienone is 2. The van der Waals surface area contributed by atoms with Crippen molar-refractivity contribution in [2.75, 3.05) is 0 Å². The number of aryl methyl sites for hydroxylation is 1. The van der Waals surface area contributed by atoms with E-state index in [0.717, 1.165) is 34.9 Å². The number of rotatable bonds is 7. The molecule has 2 aromatic rings. The molecule has 0 heterocycles. The third kappa shape index (κ3) is 22.5. The lowest BCUT2D eigenvalue weighted by Gasteiger charge is -1.98. The summed E-state index contributed by atoms with van der Waals surface area (Å²) < 4.78 is 0. The second-order valence-electron chi connectivity index (χ2n) is 7.84. The third-order valence-electron chi connectivity index (χ3n) is 4.30. The van der Waals surface area contributed by atoms with Crippen molar-refractivity contribution in [2.45, 2.75) is 88.0 Å². The van der Waals surface area contributed by atoms with E-state index in [4.69, 9.17) is 0 Å². The topological polar surface area (TPSA) is 24.7 Å². The van der Waals surface area contributed by atoms with Crippen LogP contribution in [0.4, 0.5) is 11.4 Å². The van der Waals surface area contributed by atoms with Gasteiger partial charge in [0.05, 0.1) is 11.4 Å². The highest BCUT2D eigenvalue weighted by Crippen LogP contribution is 2.16. The summed E-state index contributed by atoms with van der Waals surface area (Å²) in [6, 6.07) is 16.1. The highest BCUT2D eigenvalue weighted by Gasteiger charge is 1.91. The first kappa shape index (κ1) is 35.8. The molecule has 0 spiro atoms. The highest BCUT2D eigenvalue weighted by atomic mass is 14.7. The zero-order chi connectivity index (χ0) is 26.8. The molecule has 0 bridgehead atoms. The fourth-order valence-electron chi connectivity index (χ4n) is 2.43. The molecule has 0 aliphatic rings. The summed E-state index contributed by atoms with van der Waals surface area (Å²) >= 11 is 0. The monoisotopic (exact) mass is 464 g/mol. The summed E-state index contributed by atoms with van der Waals surface area (Å²) in [6.07, 6.45) is 8.80. The SMILES string of the molecule is C=CC.C=Nc1ccc(C(=C)C)cc1.CC.CC=Nc1ccc(CC)cc1.CCCCC(C)C. The Kier molecular flexibility index (Phi) is 27.9. The lowest BCUT2D eigenvalue weighted by atomic mass is 10.1. The Balaban J connectivity index is -0.000000395. The molecule has 0 atom stereocenters. The van der Waals surface area contributed by atoms with Crippen molar-refractivity contribution in [3.63, 3.8) is 0 Å². The molecule has 0 unspecified atom stereocenters. The zero-order valence-corrected chi connectivity index (χ0v) is 23.7. The number of nitrogens with zero attached hydrogens (tertiary/aromatic N) is 2. The van der Waals surface area contributed by atoms with E-state index in [9.17, 15) is 0 Å². The number of aliphatic imine (C=N–C) groups is 2. The van der Waals surface area contributed by atoms with Crippen molar-refractivity contribution >= 4 is 29.9 Å². The maximum absolute atomic E-state index is 4.16. The Bertz CT molecular complexity index is 751. The lowest BCUT2D eigenvalue weighted by molar-refractivity contribution is 0.550. The van der Waals surface area contributed by atoms with Crippen LogP contribution in [0.3, 0.4) is 0 Å². The molecule has 2 aromatic carbocycles. The summed E-state index contributed by atoms with van der Waals surface area (Å²) in [4.78, 5) is 7.95. The quantitative estimate of drug-likeness (QED) is 0.287. The lowest BCUT2D eigenvalue weighted by Crippen LogP contribution is -1.83. The van der Waals surface area contributed by atoms with E-state index in [1.807, 2.05) is 71.0 Å². The van der Waals surface area contributed by atoms with Gasteiger partial charge in [-0.05, 0) is 75.2 Å². The number of benzene rings is 2. The molecule has 0 aromatic heterocycles. The third-order valence-corrected chi connectivity index (χ3v) is 4.30. The van der Waals surface area contributed by atoms with Crippen molar-refractivity contribution in [1.82, 2.24) is 0 Å². The van der Waals surface area contributed by atoms with Crippen LogP contribution in [0.5, 0.6) is 0 Å². The average molecular weight is 465 g/mol. The smallest absolute Gasteiger partial charge is 0.0625 e. The number of hydrogen-bond acceptors (Lipinski definition) is 2. The molecule has 190 valence electrons. The van der Waals surface area contributed by atoms with E-state index >= 15 is 0 Å². The van der Waals surface area contributed by atoms with Gasteiger partial charge in [-0.3, -0.25) is 9.98 Å². The van der Waals surface area contributed by atoms with Crippen LogP contribution in [-0.2, 0) is 6.42 Å². The van der Waals surface area contributed by atoms with Crippen molar-refractivity contribution < 1.29 is 0 Å². The molecule has 0 amide bonds. The standard InChI is InChI=1S/C10H11N.C10H13N.C7H16.C3H6.C2H6/c1-8(2)9-4-6-10(11-3)7-5-9;1-3-9-5-7-10(8-6-9)11-4-2;1-4-5-6-7(2)3;1-3-2;1-2/h4-7H,1,3H2,2H3;4-8H,3H2,1-2H3;7H,4-6H2,1-3H3;3H,1H2,2H3;1-2H3. The largest absolute Gasteiger partial charge is 0.265 e. The minimum Gasteiger partial charge on any atom is -0.265 e. The Hall–Kier alpha value is -2.74. The van der Waals surface area contributed by atoms with Crippen molar-refractivity contribution in [3.05, 3.63) is 78.9 Å². The van der Waals surface area contributed by atoms with Gasteiger partial charge < -0.3 is 0 Å². The molecule has 0 saturated heterocycles. The highest BCUT2D eigenvalue weighted by molar-refractivity contribution is 5.63. The molecule has 0 aliphatic carbocycles. The predicted octanol–water partition coefficient (Wildman–Crippen LogP) is 11.1. The van der Waals surface area contributed by atoms with Gasteiger partial charge in [0.25, 0.3) is 0 Å². The van der Waals surface area contributed by atoms with E-state index < -0.39 is 0 Å². The van der Waals surface area contributed by atoms with Gasteiger partial charge in [0.2, 0.25) is 0 Å². The van der Waals surface area contributed by atoms with Crippen LogP contribution >= 0.6 is 0 Å². The Morgan fingerprint density at radius 1 is 0.912 bits per heavy atom. The molecule has 34 heavy (non-hydrogen) atoms. The summed E-state index contributed by atoms with van der Waals surface area (Å²) in [5.41, 5.74) is 5.51. The number of unbranched alkanes of at least 4 members (excludes halogenated alkanes) is 1. The summed E-state index contributed by atoms with van der Waals surface area (Å²) in [5.74, 6) is 0.903. The van der Waals surface area contributed by atoms with Crippen LogP contribution in [0.2, 0.25) is 0 Å². The van der Waals surface area contributed by atoms with Crippen LogP contribution < -0.4 is 0 Å². The van der Waals surface area contributed by atoms with E-state index in [1.54, 1.807) is 12.3 Å². The van der Waals surface area contributed by atoms with Gasteiger partial charge in [0, 0.05) is 6.21 Å². The normalized spacial score (nSPS) is 9.12. The van der Waals surface area contributed by atoms with Gasteiger partial charge >= 0.3 is 0 Å². The van der Waals surface area contributed by atoms with Crippen LogP contribution in [-0.4, -0.2) is 12.9 Å². The Morgan fingerprint density at radius 3 is 1.68 bits per heavy atom. The maximum atomic E-state index is 4.16. The fraction of sp³-hybridized carbons (Fsp3) is 0.438. The fourth-order valence-corrected chi connectivity index (χ4v) is 2.43. The van der Waals surface area contributed by atoms with Crippen molar-refractivity contribution in [1.29, 1.82) is 0 Å².